The smallest absolute Gasteiger partial charge is 0.316 e. The summed E-state index contributed by atoms with van der Waals surface area (Å²) in [4.78, 5) is 25.8. The van der Waals surface area contributed by atoms with E-state index < -0.39 is 5.41 Å². The van der Waals surface area contributed by atoms with Crippen LogP contribution in [0, 0.1) is 5.82 Å². The van der Waals surface area contributed by atoms with Gasteiger partial charge in [0.25, 0.3) is 0 Å². The van der Waals surface area contributed by atoms with Crippen LogP contribution in [-0.2, 0) is 21.5 Å². The van der Waals surface area contributed by atoms with Crippen LogP contribution in [0.25, 0.3) is 22.6 Å². The van der Waals surface area contributed by atoms with E-state index >= 15 is 0 Å². The number of ether oxygens (including phenoxy) is 1. The van der Waals surface area contributed by atoms with E-state index in [4.69, 9.17) is 10.5 Å². The Morgan fingerprint density at radius 2 is 2.03 bits per heavy atom. The highest BCUT2D eigenvalue weighted by Crippen LogP contribution is 2.50. The molecule has 5 rings (SSSR count). The molecule has 162 valence electrons. The van der Waals surface area contributed by atoms with Crippen LogP contribution in [0.1, 0.15) is 30.9 Å². The molecule has 1 aromatic carbocycles. The zero-order valence-electron chi connectivity index (χ0n) is 17.5. The van der Waals surface area contributed by atoms with E-state index in [0.717, 1.165) is 5.39 Å². The molecule has 1 saturated carbocycles. The predicted octanol–water partition coefficient (Wildman–Crippen LogP) is 3.25. The number of hydrogen-bond acceptors (Lipinski definition) is 7. The van der Waals surface area contributed by atoms with E-state index in [0.29, 0.717) is 47.7 Å². The lowest BCUT2D eigenvalue weighted by Crippen LogP contribution is -2.25. The Bertz CT molecular complexity index is 1330. The number of carbonyl (C=O) groups excluding carboxylic acids is 1. The van der Waals surface area contributed by atoms with E-state index in [2.05, 4.69) is 20.1 Å². The number of nitrogens with two attached hydrogens (primary N) is 1. The monoisotopic (exact) mass is 432 g/mol. The number of anilines is 1. The first-order chi connectivity index (χ1) is 15.5. The number of benzene rings is 1. The fourth-order valence-corrected chi connectivity index (χ4v) is 3.93. The van der Waals surface area contributed by atoms with Crippen molar-refractivity contribution in [1.82, 2.24) is 24.7 Å². The molecule has 1 aliphatic carbocycles. The van der Waals surface area contributed by atoms with Crippen molar-refractivity contribution < 1.29 is 13.9 Å². The van der Waals surface area contributed by atoms with Crippen molar-refractivity contribution in [1.29, 1.82) is 0 Å². The molecular formula is C23H21FN6O2. The van der Waals surface area contributed by atoms with E-state index in [-0.39, 0.29) is 24.1 Å². The van der Waals surface area contributed by atoms with Gasteiger partial charge in [-0.2, -0.15) is 5.10 Å². The van der Waals surface area contributed by atoms with Crippen LogP contribution in [0.5, 0.6) is 0 Å². The molecule has 4 aromatic rings. The second-order valence-corrected chi connectivity index (χ2v) is 7.77. The molecule has 32 heavy (non-hydrogen) atoms. The number of carbonyl (C=O) groups is 1. The lowest BCUT2D eigenvalue weighted by atomic mass is 9.98. The molecule has 1 fully saturated rings. The van der Waals surface area contributed by atoms with Crippen LogP contribution in [0.2, 0.25) is 0 Å². The van der Waals surface area contributed by atoms with Gasteiger partial charge in [-0.15, -0.1) is 0 Å². The highest BCUT2D eigenvalue weighted by Gasteiger charge is 2.54. The fourth-order valence-electron chi connectivity index (χ4n) is 3.93. The molecule has 1 aliphatic rings. The van der Waals surface area contributed by atoms with Crippen molar-refractivity contribution in [2.45, 2.75) is 31.7 Å². The minimum atomic E-state index is -0.757. The third-order valence-corrected chi connectivity index (χ3v) is 5.75. The summed E-state index contributed by atoms with van der Waals surface area (Å²) < 4.78 is 21.0. The second-order valence-electron chi connectivity index (χ2n) is 7.77. The minimum Gasteiger partial charge on any atom is -0.465 e. The SMILES string of the molecule is CCOC(=O)C1(c2cnc(-c3nn(Cc4ccccc4F)c4ncccc34)nc2N)CC1. The van der Waals surface area contributed by atoms with Gasteiger partial charge in [-0.1, -0.05) is 18.2 Å². The highest BCUT2D eigenvalue weighted by molar-refractivity contribution is 5.90. The Morgan fingerprint density at radius 3 is 2.75 bits per heavy atom. The van der Waals surface area contributed by atoms with Crippen LogP contribution in [0.3, 0.4) is 0 Å². The molecule has 9 heteroatoms. The van der Waals surface area contributed by atoms with Gasteiger partial charge in [0.1, 0.15) is 17.3 Å². The Hall–Kier alpha value is -3.88. The summed E-state index contributed by atoms with van der Waals surface area (Å²) in [5.41, 5.74) is 7.64. The number of halogens is 1. The van der Waals surface area contributed by atoms with Crippen molar-refractivity contribution in [2.75, 3.05) is 12.3 Å². The minimum absolute atomic E-state index is 0.208. The third-order valence-electron chi connectivity index (χ3n) is 5.75. The first-order valence-electron chi connectivity index (χ1n) is 10.4. The van der Waals surface area contributed by atoms with Gasteiger partial charge in [0.05, 0.1) is 24.0 Å². The fraction of sp³-hybridized carbons (Fsp3) is 0.261. The molecule has 0 amide bonds. The van der Waals surface area contributed by atoms with E-state index in [9.17, 15) is 9.18 Å². The van der Waals surface area contributed by atoms with Crippen molar-refractivity contribution >= 4 is 22.8 Å². The predicted molar refractivity (Wildman–Crippen MR) is 116 cm³/mol. The quantitative estimate of drug-likeness (QED) is 0.466. The molecule has 0 saturated heterocycles. The van der Waals surface area contributed by atoms with E-state index in [1.165, 1.54) is 6.07 Å². The first kappa shape index (κ1) is 20.0. The molecule has 0 atom stereocenters. The maximum absolute atomic E-state index is 14.2. The Morgan fingerprint density at radius 1 is 1.22 bits per heavy atom. The van der Waals surface area contributed by atoms with Gasteiger partial charge in [-0.25, -0.2) is 24.0 Å². The number of nitrogens with zero attached hydrogens (tertiary/aromatic N) is 5. The number of aromatic nitrogens is 5. The number of esters is 1. The van der Waals surface area contributed by atoms with Crippen LogP contribution in [0.4, 0.5) is 10.2 Å². The normalized spacial score (nSPS) is 14.4. The van der Waals surface area contributed by atoms with Crippen molar-refractivity contribution in [3.8, 4) is 11.5 Å². The van der Waals surface area contributed by atoms with Crippen LogP contribution in [0.15, 0.2) is 48.8 Å². The summed E-state index contributed by atoms with van der Waals surface area (Å²) in [6.07, 6.45) is 4.55. The van der Waals surface area contributed by atoms with Crippen molar-refractivity contribution in [3.63, 3.8) is 0 Å². The van der Waals surface area contributed by atoms with Gasteiger partial charge in [-0.3, -0.25) is 4.79 Å². The maximum atomic E-state index is 14.2. The van der Waals surface area contributed by atoms with E-state index in [1.807, 2.05) is 6.07 Å². The molecule has 3 heterocycles. The van der Waals surface area contributed by atoms with Gasteiger partial charge in [0, 0.05) is 23.5 Å². The number of pyridine rings is 1. The molecule has 2 N–H and O–H groups in total. The number of nitrogen functional groups attached to an aromatic ring is 1. The summed E-state index contributed by atoms with van der Waals surface area (Å²) in [5.74, 6) is -0.0727. The van der Waals surface area contributed by atoms with Gasteiger partial charge >= 0.3 is 5.97 Å². The standard InChI is InChI=1S/C23H21FN6O2/c1-2-32-22(31)23(9-10-23)16-12-27-20(28-19(16)25)18-15-7-5-11-26-21(15)30(29-18)13-14-6-3-4-8-17(14)24/h3-8,11-12H,2,9-10,13H2,1H3,(H2,25,27,28). The zero-order valence-corrected chi connectivity index (χ0v) is 17.5. The average molecular weight is 432 g/mol. The number of fused-ring (bicyclic) bond motifs is 1. The Kier molecular flexibility index (Phi) is 4.80. The Balaban J connectivity index is 1.55. The summed E-state index contributed by atoms with van der Waals surface area (Å²) in [6.45, 7) is 2.28. The summed E-state index contributed by atoms with van der Waals surface area (Å²) in [5, 5.41) is 5.35. The molecule has 0 radical (unpaired) electrons. The highest BCUT2D eigenvalue weighted by atomic mass is 19.1. The number of hydrogen-bond donors (Lipinski definition) is 1. The van der Waals surface area contributed by atoms with Crippen LogP contribution in [-0.4, -0.2) is 37.3 Å². The molecule has 0 bridgehead atoms. The molecule has 8 nitrogen and oxygen atoms in total. The lowest BCUT2D eigenvalue weighted by Gasteiger charge is -2.15. The summed E-state index contributed by atoms with van der Waals surface area (Å²) in [7, 11) is 0. The number of rotatable bonds is 6. The largest absolute Gasteiger partial charge is 0.465 e. The Labute approximate surface area is 183 Å². The summed E-state index contributed by atoms with van der Waals surface area (Å²) in [6, 6.07) is 10.2. The van der Waals surface area contributed by atoms with Gasteiger partial charge < -0.3 is 10.5 Å². The third kappa shape index (κ3) is 3.26. The molecule has 0 unspecified atom stereocenters. The molecule has 0 aliphatic heterocycles. The van der Waals surface area contributed by atoms with Gasteiger partial charge in [0.2, 0.25) is 0 Å². The van der Waals surface area contributed by atoms with Gasteiger partial charge in [0.15, 0.2) is 11.5 Å². The van der Waals surface area contributed by atoms with Gasteiger partial charge in [-0.05, 0) is 38.0 Å². The zero-order chi connectivity index (χ0) is 22.3. The molecule has 3 aromatic heterocycles. The summed E-state index contributed by atoms with van der Waals surface area (Å²) >= 11 is 0. The first-order valence-corrected chi connectivity index (χ1v) is 10.4. The van der Waals surface area contributed by atoms with Crippen LogP contribution < -0.4 is 5.73 Å². The topological polar surface area (TPSA) is 109 Å². The molecule has 0 spiro atoms. The average Bonchev–Trinajstić information content (AvgIpc) is 3.52. The van der Waals surface area contributed by atoms with Crippen molar-refractivity contribution in [2.24, 2.45) is 0 Å². The second kappa shape index (κ2) is 7.67. The van der Waals surface area contributed by atoms with E-state index in [1.54, 1.807) is 48.3 Å². The molecular weight excluding hydrogens is 411 g/mol. The van der Waals surface area contributed by atoms with Crippen LogP contribution >= 0.6 is 0 Å². The lowest BCUT2D eigenvalue weighted by molar-refractivity contribution is -0.146. The van der Waals surface area contributed by atoms with Crippen molar-refractivity contribution in [3.05, 3.63) is 65.7 Å². The maximum Gasteiger partial charge on any atom is 0.316 e.